The normalized spacial score (nSPS) is 12.1. The SMILES string of the molecule is [2H]C(C)(C)c1ccnc(-c2[c-]cccc2)c1.[2H]C([2H])(c1ccccc1)c1ccnc(-c2[c-]cccc2)c1.[Ir]. The van der Waals surface area contributed by atoms with Gasteiger partial charge in [-0.3, -0.25) is 0 Å². The molecule has 0 atom stereocenters. The molecule has 0 spiro atoms. The predicted molar refractivity (Wildman–Crippen MR) is 140 cm³/mol. The number of nitrogens with zero attached hydrogens (tertiary/aromatic N) is 2. The summed E-state index contributed by atoms with van der Waals surface area (Å²) in [6.07, 6.45) is 1.85. The van der Waals surface area contributed by atoms with Crippen LogP contribution < -0.4 is 0 Å². The summed E-state index contributed by atoms with van der Waals surface area (Å²) < 4.78 is 24.8. The Kier molecular flexibility index (Phi) is 8.51. The van der Waals surface area contributed by atoms with Crippen LogP contribution in [0.5, 0.6) is 0 Å². The van der Waals surface area contributed by atoms with Crippen molar-refractivity contribution in [3.05, 3.63) is 144 Å². The number of hydrogen-bond donors (Lipinski definition) is 0. The quantitative estimate of drug-likeness (QED) is 0.184. The zero-order valence-electron chi connectivity index (χ0n) is 22.7. The molecule has 35 heavy (non-hydrogen) atoms. The van der Waals surface area contributed by atoms with Crippen molar-refractivity contribution in [2.75, 3.05) is 0 Å². The van der Waals surface area contributed by atoms with Crippen LogP contribution in [0, 0.1) is 12.1 Å². The number of aromatic nitrogens is 2. The fourth-order valence-electron chi connectivity index (χ4n) is 3.34. The van der Waals surface area contributed by atoms with Gasteiger partial charge in [-0.25, -0.2) is 0 Å². The molecule has 0 saturated heterocycles. The van der Waals surface area contributed by atoms with Gasteiger partial charge >= 0.3 is 0 Å². The van der Waals surface area contributed by atoms with E-state index in [9.17, 15) is 0 Å². The van der Waals surface area contributed by atoms with E-state index in [1.54, 1.807) is 36.7 Å². The fraction of sp³-hybridized carbons (Fsp3) is 0.125. The van der Waals surface area contributed by atoms with Crippen LogP contribution in [0.15, 0.2) is 116 Å². The molecule has 0 unspecified atom stereocenters. The third-order valence-corrected chi connectivity index (χ3v) is 5.13. The molecule has 0 N–H and O–H groups in total. The molecule has 0 fully saturated rings. The molecule has 177 valence electrons. The van der Waals surface area contributed by atoms with E-state index in [1.807, 2.05) is 92.7 Å². The van der Waals surface area contributed by atoms with Crippen LogP contribution >= 0.6 is 0 Å². The van der Waals surface area contributed by atoms with Gasteiger partial charge in [0.05, 0.1) is 0 Å². The average molecular weight is 636 g/mol. The predicted octanol–water partition coefficient (Wildman–Crippen LogP) is 7.81. The van der Waals surface area contributed by atoms with Gasteiger partial charge in [0, 0.05) is 36.6 Å². The van der Waals surface area contributed by atoms with Crippen molar-refractivity contribution >= 4 is 0 Å². The van der Waals surface area contributed by atoms with E-state index in [0.29, 0.717) is 11.1 Å². The van der Waals surface area contributed by atoms with E-state index >= 15 is 0 Å². The summed E-state index contributed by atoms with van der Waals surface area (Å²) in [5.41, 5.74) is 5.63. The minimum atomic E-state index is -1.55. The second-order valence-electron chi connectivity index (χ2n) is 7.90. The molecular formula is C32H28IrN2-2. The van der Waals surface area contributed by atoms with E-state index < -0.39 is 12.3 Å². The maximum atomic E-state index is 8.40. The Hall–Kier alpha value is -3.39. The topological polar surface area (TPSA) is 25.8 Å². The van der Waals surface area contributed by atoms with E-state index in [1.165, 1.54) is 0 Å². The minimum absolute atomic E-state index is 0. The molecule has 3 heteroatoms. The van der Waals surface area contributed by atoms with Crippen molar-refractivity contribution in [3.8, 4) is 22.5 Å². The molecule has 1 radical (unpaired) electrons. The maximum Gasteiger partial charge on any atom is 0.0365 e. The van der Waals surface area contributed by atoms with Gasteiger partial charge < -0.3 is 9.97 Å². The second-order valence-corrected chi connectivity index (χ2v) is 7.90. The summed E-state index contributed by atoms with van der Waals surface area (Å²) in [4.78, 5) is 8.63. The molecule has 2 aromatic heterocycles. The molecule has 0 aliphatic rings. The van der Waals surface area contributed by atoms with E-state index in [-0.39, 0.29) is 20.1 Å². The van der Waals surface area contributed by atoms with Crippen LogP contribution in [0.4, 0.5) is 0 Å². The van der Waals surface area contributed by atoms with Crippen LogP contribution in [-0.2, 0) is 26.5 Å². The number of hydrogen-bond acceptors (Lipinski definition) is 2. The molecule has 2 nitrogen and oxygen atoms in total. The molecule has 2 heterocycles. The average Bonchev–Trinajstić information content (AvgIpc) is 2.94. The number of pyridine rings is 2. The number of rotatable bonds is 5. The summed E-state index contributed by atoms with van der Waals surface area (Å²) in [6.45, 7) is 3.75. The molecule has 0 aliphatic heterocycles. The Balaban J connectivity index is 0.000000213. The maximum absolute atomic E-state index is 8.40. The molecule has 0 bridgehead atoms. The van der Waals surface area contributed by atoms with Gasteiger partial charge in [-0.15, -0.1) is 71.8 Å². The summed E-state index contributed by atoms with van der Waals surface area (Å²) in [7, 11) is 0. The van der Waals surface area contributed by atoms with Gasteiger partial charge in [0.2, 0.25) is 0 Å². The molecule has 3 aromatic carbocycles. The summed E-state index contributed by atoms with van der Waals surface area (Å²) >= 11 is 0. The van der Waals surface area contributed by atoms with Gasteiger partial charge in [0.15, 0.2) is 0 Å². The standard InChI is InChI=1S/C18H14N.C14H14N.Ir/c1-3-7-15(8-4-1)13-16-11-12-19-18(14-16)17-9-5-2-6-10-17;1-11(2)13-8-9-15-14(10-13)12-6-4-3-5-7-12;/h1-9,11-12,14H,13H2;3-6,8-11H,1-2H3;/q2*-1;/i13D2;11D;. The summed E-state index contributed by atoms with van der Waals surface area (Å²) in [6, 6.07) is 38.1. The van der Waals surface area contributed by atoms with Gasteiger partial charge in [-0.05, 0) is 46.9 Å². The van der Waals surface area contributed by atoms with Gasteiger partial charge in [0.25, 0.3) is 0 Å². The Morgan fingerprint density at radius 2 is 1.29 bits per heavy atom. The monoisotopic (exact) mass is 636 g/mol. The Morgan fingerprint density at radius 3 is 1.86 bits per heavy atom. The zero-order chi connectivity index (χ0) is 26.3. The van der Waals surface area contributed by atoms with Gasteiger partial charge in [-0.2, -0.15) is 0 Å². The Morgan fingerprint density at radius 1 is 0.714 bits per heavy atom. The number of benzene rings is 3. The first kappa shape index (κ1) is 22.1. The van der Waals surface area contributed by atoms with Crippen molar-refractivity contribution in [2.24, 2.45) is 0 Å². The molecule has 0 amide bonds. The fourth-order valence-corrected chi connectivity index (χ4v) is 3.34. The van der Waals surface area contributed by atoms with Crippen LogP contribution in [0.25, 0.3) is 22.5 Å². The van der Waals surface area contributed by atoms with Crippen LogP contribution in [-0.4, -0.2) is 9.97 Å². The first-order chi connectivity index (χ1) is 17.7. The Labute approximate surface area is 226 Å². The molecule has 5 rings (SSSR count). The van der Waals surface area contributed by atoms with E-state index in [0.717, 1.165) is 28.1 Å². The largest absolute Gasteiger partial charge is 0.305 e. The first-order valence-corrected chi connectivity index (χ1v) is 11.2. The van der Waals surface area contributed by atoms with Crippen LogP contribution in [0.1, 0.15) is 40.5 Å². The van der Waals surface area contributed by atoms with Crippen molar-refractivity contribution < 1.29 is 24.2 Å². The first-order valence-electron chi connectivity index (χ1n) is 12.7. The Bertz CT molecular complexity index is 1420. The summed E-state index contributed by atoms with van der Waals surface area (Å²) in [5.74, 6) is -0.591. The third-order valence-electron chi connectivity index (χ3n) is 5.13. The zero-order valence-corrected chi connectivity index (χ0v) is 22.1. The van der Waals surface area contributed by atoms with Gasteiger partial charge in [0.1, 0.15) is 0 Å². The third kappa shape index (κ3) is 7.82. The van der Waals surface area contributed by atoms with Crippen molar-refractivity contribution in [2.45, 2.75) is 26.1 Å². The molecule has 5 aromatic rings. The molecule has 0 aliphatic carbocycles. The van der Waals surface area contributed by atoms with Crippen molar-refractivity contribution in [1.82, 2.24) is 9.97 Å². The second kappa shape index (κ2) is 13.5. The van der Waals surface area contributed by atoms with Crippen LogP contribution in [0.3, 0.4) is 0 Å². The molecule has 0 saturated carbocycles. The molecular weight excluding hydrogens is 605 g/mol. The van der Waals surface area contributed by atoms with E-state index in [2.05, 4.69) is 22.1 Å². The van der Waals surface area contributed by atoms with Crippen molar-refractivity contribution in [3.63, 3.8) is 0 Å². The summed E-state index contributed by atoms with van der Waals surface area (Å²) in [5, 5.41) is 0. The van der Waals surface area contributed by atoms with Crippen molar-refractivity contribution in [1.29, 1.82) is 0 Å². The minimum Gasteiger partial charge on any atom is -0.305 e. The van der Waals surface area contributed by atoms with Crippen LogP contribution in [0.2, 0.25) is 0 Å². The van der Waals surface area contributed by atoms with E-state index in [4.69, 9.17) is 4.11 Å². The van der Waals surface area contributed by atoms with Gasteiger partial charge in [-0.1, -0.05) is 61.9 Å². The smallest absolute Gasteiger partial charge is 0.0365 e.